The van der Waals surface area contributed by atoms with Crippen LogP contribution in [0.5, 0.6) is 0 Å². The zero-order valence-electron chi connectivity index (χ0n) is 11.1. The average Bonchev–Trinajstić information content (AvgIpc) is 2.39. The molecule has 1 unspecified atom stereocenters. The van der Waals surface area contributed by atoms with Crippen LogP contribution >= 0.6 is 0 Å². The normalized spacial score (nSPS) is 25.1. The van der Waals surface area contributed by atoms with Crippen LogP contribution in [0.15, 0.2) is 0 Å². The monoisotopic (exact) mass is 226 g/mol. The first-order chi connectivity index (χ1) is 7.34. The number of hydrogen-bond acceptors (Lipinski definition) is 2. The molecule has 1 fully saturated rings. The van der Waals surface area contributed by atoms with E-state index in [9.17, 15) is 4.79 Å². The van der Waals surface area contributed by atoms with E-state index in [0.29, 0.717) is 6.04 Å². The molecule has 0 aliphatic carbocycles. The summed E-state index contributed by atoms with van der Waals surface area (Å²) in [5, 5.41) is 0. The molecule has 2 atom stereocenters. The Balaban J connectivity index is 2.71. The number of likely N-dealkylation sites (tertiary alicyclic amines) is 1. The van der Waals surface area contributed by atoms with Crippen molar-refractivity contribution in [1.82, 2.24) is 4.90 Å². The van der Waals surface area contributed by atoms with E-state index in [4.69, 9.17) is 5.73 Å². The van der Waals surface area contributed by atoms with Crippen LogP contribution in [-0.4, -0.2) is 29.4 Å². The first kappa shape index (κ1) is 13.5. The maximum absolute atomic E-state index is 12.3. The predicted molar refractivity (Wildman–Crippen MR) is 67.1 cm³/mol. The summed E-state index contributed by atoms with van der Waals surface area (Å²) in [5.41, 5.74) is 5.90. The van der Waals surface area contributed by atoms with Crippen LogP contribution < -0.4 is 5.73 Å². The number of rotatable bonds is 1. The van der Waals surface area contributed by atoms with Crippen LogP contribution in [0.1, 0.15) is 53.4 Å². The Hall–Kier alpha value is -0.570. The molecular weight excluding hydrogens is 200 g/mol. The van der Waals surface area contributed by atoms with Gasteiger partial charge in [-0.25, -0.2) is 0 Å². The van der Waals surface area contributed by atoms with Gasteiger partial charge in [-0.05, 0) is 25.2 Å². The Kier molecular flexibility index (Phi) is 4.36. The quantitative estimate of drug-likeness (QED) is 0.744. The first-order valence-corrected chi connectivity index (χ1v) is 6.40. The summed E-state index contributed by atoms with van der Waals surface area (Å²) in [6.07, 6.45) is 4.70. The van der Waals surface area contributed by atoms with Gasteiger partial charge in [-0.1, -0.05) is 33.6 Å². The van der Waals surface area contributed by atoms with E-state index in [1.807, 2.05) is 25.7 Å². The van der Waals surface area contributed by atoms with Gasteiger partial charge in [-0.3, -0.25) is 4.79 Å². The summed E-state index contributed by atoms with van der Waals surface area (Å²) < 4.78 is 0. The lowest BCUT2D eigenvalue weighted by Gasteiger charge is -2.34. The predicted octanol–water partition coefficient (Wildman–Crippen LogP) is 2.15. The van der Waals surface area contributed by atoms with E-state index in [0.717, 1.165) is 19.4 Å². The van der Waals surface area contributed by atoms with Gasteiger partial charge in [0.2, 0.25) is 5.91 Å². The number of carbonyl (C=O) groups is 1. The summed E-state index contributed by atoms with van der Waals surface area (Å²) in [5.74, 6) is 0.127. The molecule has 0 aromatic heterocycles. The summed E-state index contributed by atoms with van der Waals surface area (Å²) in [4.78, 5) is 14.3. The molecule has 1 heterocycles. The Labute approximate surface area is 99.4 Å². The molecule has 0 aromatic carbocycles. The van der Waals surface area contributed by atoms with Gasteiger partial charge in [-0.2, -0.15) is 0 Å². The maximum atomic E-state index is 12.3. The molecule has 1 aliphatic heterocycles. The van der Waals surface area contributed by atoms with Gasteiger partial charge >= 0.3 is 0 Å². The van der Waals surface area contributed by atoms with Crippen molar-refractivity contribution < 1.29 is 4.79 Å². The molecule has 0 bridgehead atoms. The minimum Gasteiger partial charge on any atom is -0.339 e. The van der Waals surface area contributed by atoms with Crippen molar-refractivity contribution in [3.05, 3.63) is 0 Å². The molecule has 0 saturated carbocycles. The van der Waals surface area contributed by atoms with Crippen molar-refractivity contribution in [1.29, 1.82) is 0 Å². The lowest BCUT2D eigenvalue weighted by molar-refractivity contribution is -0.136. The molecule has 0 aromatic rings. The zero-order chi connectivity index (χ0) is 12.3. The molecule has 2 N–H and O–H groups in total. The van der Waals surface area contributed by atoms with E-state index >= 15 is 0 Å². The molecule has 3 heteroatoms. The molecule has 1 aliphatic rings. The third-order valence-electron chi connectivity index (χ3n) is 3.54. The van der Waals surface area contributed by atoms with E-state index in [1.165, 1.54) is 12.8 Å². The second-order valence-electron chi connectivity index (χ2n) is 6.07. The molecular formula is C13H26N2O. The minimum absolute atomic E-state index is 0.127. The lowest BCUT2D eigenvalue weighted by atomic mass is 9.86. The molecule has 0 spiro atoms. The van der Waals surface area contributed by atoms with Crippen LogP contribution in [-0.2, 0) is 4.79 Å². The third kappa shape index (κ3) is 3.21. The van der Waals surface area contributed by atoms with Gasteiger partial charge in [0.15, 0.2) is 0 Å². The van der Waals surface area contributed by atoms with Crippen LogP contribution in [0.25, 0.3) is 0 Å². The van der Waals surface area contributed by atoms with E-state index < -0.39 is 0 Å². The van der Waals surface area contributed by atoms with Crippen molar-refractivity contribution in [3.63, 3.8) is 0 Å². The van der Waals surface area contributed by atoms with Crippen molar-refractivity contribution in [2.45, 2.75) is 65.5 Å². The third-order valence-corrected chi connectivity index (χ3v) is 3.54. The first-order valence-electron chi connectivity index (χ1n) is 6.40. The molecule has 3 nitrogen and oxygen atoms in total. The highest BCUT2D eigenvalue weighted by molar-refractivity contribution is 5.82. The molecule has 1 rings (SSSR count). The average molecular weight is 226 g/mol. The summed E-state index contributed by atoms with van der Waals surface area (Å²) in [6.45, 7) is 9.09. The van der Waals surface area contributed by atoms with Gasteiger partial charge in [0.05, 0.1) is 6.04 Å². The second-order valence-corrected chi connectivity index (χ2v) is 6.07. The number of nitrogens with two attached hydrogens (primary N) is 1. The van der Waals surface area contributed by atoms with Crippen LogP contribution in [0.2, 0.25) is 0 Å². The van der Waals surface area contributed by atoms with Crippen molar-refractivity contribution in [2.24, 2.45) is 11.1 Å². The number of nitrogens with zero attached hydrogens (tertiary/aromatic N) is 1. The lowest BCUT2D eigenvalue weighted by Crippen LogP contribution is -2.52. The molecule has 94 valence electrons. The number of hydrogen-bond donors (Lipinski definition) is 1. The molecule has 1 saturated heterocycles. The number of carbonyl (C=O) groups excluding carboxylic acids is 1. The Morgan fingerprint density at radius 1 is 1.31 bits per heavy atom. The summed E-state index contributed by atoms with van der Waals surface area (Å²) in [6, 6.07) is -0.0311. The van der Waals surface area contributed by atoms with Crippen molar-refractivity contribution >= 4 is 5.91 Å². The molecule has 1 amide bonds. The highest BCUT2D eigenvalue weighted by Crippen LogP contribution is 2.23. The molecule has 0 radical (unpaired) electrons. The van der Waals surface area contributed by atoms with Crippen LogP contribution in [0, 0.1) is 5.41 Å². The second kappa shape index (κ2) is 5.17. The fraction of sp³-hybridized carbons (Fsp3) is 0.923. The van der Waals surface area contributed by atoms with Gasteiger partial charge in [0, 0.05) is 12.6 Å². The van der Waals surface area contributed by atoms with Crippen molar-refractivity contribution in [3.8, 4) is 0 Å². The maximum Gasteiger partial charge on any atom is 0.240 e. The van der Waals surface area contributed by atoms with E-state index in [2.05, 4.69) is 6.92 Å². The largest absolute Gasteiger partial charge is 0.339 e. The molecule has 16 heavy (non-hydrogen) atoms. The van der Waals surface area contributed by atoms with Gasteiger partial charge < -0.3 is 10.6 Å². The highest BCUT2D eigenvalue weighted by atomic mass is 16.2. The zero-order valence-corrected chi connectivity index (χ0v) is 11.1. The highest BCUT2D eigenvalue weighted by Gasteiger charge is 2.33. The SMILES string of the molecule is CC1CCCCCN1C(=O)[C@@H](N)C(C)(C)C. The summed E-state index contributed by atoms with van der Waals surface area (Å²) >= 11 is 0. The number of amides is 1. The van der Waals surface area contributed by atoms with Crippen molar-refractivity contribution in [2.75, 3.05) is 6.54 Å². The summed E-state index contributed by atoms with van der Waals surface area (Å²) in [7, 11) is 0. The van der Waals surface area contributed by atoms with E-state index in [-0.39, 0.29) is 17.4 Å². The fourth-order valence-electron chi connectivity index (χ4n) is 2.15. The topological polar surface area (TPSA) is 46.3 Å². The Morgan fingerprint density at radius 2 is 1.94 bits per heavy atom. The van der Waals surface area contributed by atoms with Gasteiger partial charge in [0.25, 0.3) is 0 Å². The van der Waals surface area contributed by atoms with E-state index in [1.54, 1.807) is 0 Å². The minimum atomic E-state index is -0.381. The smallest absolute Gasteiger partial charge is 0.240 e. The standard InChI is InChI=1S/C13H26N2O/c1-10-8-6-5-7-9-15(10)12(16)11(14)13(2,3)4/h10-11H,5-9,14H2,1-4H3/t10?,11-/m1/s1. The van der Waals surface area contributed by atoms with Gasteiger partial charge in [-0.15, -0.1) is 0 Å². The van der Waals surface area contributed by atoms with Gasteiger partial charge in [0.1, 0.15) is 0 Å². The fourth-order valence-corrected chi connectivity index (χ4v) is 2.15. The van der Waals surface area contributed by atoms with Crippen LogP contribution in [0.4, 0.5) is 0 Å². The Bertz CT molecular complexity index is 245. The van der Waals surface area contributed by atoms with Crippen LogP contribution in [0.3, 0.4) is 0 Å². The Morgan fingerprint density at radius 3 is 2.50 bits per heavy atom.